The number of carbonyl (C=O) groups is 1. The molecule has 1 N–H and O–H groups in total. The molecule has 2 nitrogen and oxygen atoms in total. The summed E-state index contributed by atoms with van der Waals surface area (Å²) in [6.45, 7) is 6.65. The maximum Gasteiger partial charge on any atom is 0.155 e. The number of hydrogen-bond donors (Lipinski definition) is 1. The van der Waals surface area contributed by atoms with Gasteiger partial charge < -0.3 is 5.11 Å². The summed E-state index contributed by atoms with van der Waals surface area (Å²) in [7, 11) is 0. The molecule has 0 aliphatic heterocycles. The molecule has 0 spiro atoms. The van der Waals surface area contributed by atoms with Crippen molar-refractivity contribution in [2.45, 2.75) is 63.9 Å². The van der Waals surface area contributed by atoms with E-state index in [-0.39, 0.29) is 5.41 Å². The Labute approximate surface area is 145 Å². The first-order valence-electron chi connectivity index (χ1n) is 9.57. The molecule has 24 heavy (non-hydrogen) atoms. The van der Waals surface area contributed by atoms with E-state index in [2.05, 4.69) is 19.4 Å². The van der Waals surface area contributed by atoms with E-state index in [1.54, 1.807) is 0 Å². The average Bonchev–Trinajstić information content (AvgIpc) is 2.88. The van der Waals surface area contributed by atoms with E-state index < -0.39 is 5.60 Å². The SMILES string of the molecule is C#C[C@]1(O)CC[C@@H]2[C@@H]3CCC4=CC(=O)CC[C@@H]4[C@H]3C(=C)C[C@@]21CC. The van der Waals surface area contributed by atoms with Gasteiger partial charge in [-0.25, -0.2) is 0 Å². The number of fused-ring (bicyclic) bond motifs is 5. The number of ketones is 1. The molecular formula is C22H28O2. The van der Waals surface area contributed by atoms with Crippen molar-refractivity contribution in [2.24, 2.45) is 29.1 Å². The van der Waals surface area contributed by atoms with Crippen LogP contribution in [0.5, 0.6) is 0 Å². The van der Waals surface area contributed by atoms with Crippen LogP contribution in [-0.4, -0.2) is 16.5 Å². The second-order valence-electron chi connectivity index (χ2n) is 8.55. The third kappa shape index (κ3) is 1.91. The van der Waals surface area contributed by atoms with Crippen LogP contribution in [0, 0.1) is 41.4 Å². The summed E-state index contributed by atoms with van der Waals surface area (Å²) in [5.74, 6) is 5.13. The fourth-order valence-electron chi connectivity index (χ4n) is 6.90. The molecule has 0 amide bonds. The van der Waals surface area contributed by atoms with Crippen molar-refractivity contribution in [1.82, 2.24) is 0 Å². The average molecular weight is 324 g/mol. The molecule has 2 heteroatoms. The van der Waals surface area contributed by atoms with Gasteiger partial charge in [0.05, 0.1) is 0 Å². The number of aliphatic hydroxyl groups is 1. The van der Waals surface area contributed by atoms with Gasteiger partial charge in [0.2, 0.25) is 0 Å². The highest BCUT2D eigenvalue weighted by molar-refractivity contribution is 5.91. The van der Waals surface area contributed by atoms with Crippen molar-refractivity contribution in [2.75, 3.05) is 0 Å². The molecule has 3 fully saturated rings. The fraction of sp³-hybridized carbons (Fsp3) is 0.682. The number of allylic oxidation sites excluding steroid dienone is 2. The Morgan fingerprint density at radius 2 is 2.17 bits per heavy atom. The molecule has 6 atom stereocenters. The first-order chi connectivity index (χ1) is 11.5. The zero-order chi connectivity index (χ0) is 17.1. The minimum Gasteiger partial charge on any atom is -0.377 e. The lowest BCUT2D eigenvalue weighted by Gasteiger charge is -2.56. The Morgan fingerprint density at radius 3 is 2.88 bits per heavy atom. The van der Waals surface area contributed by atoms with Crippen LogP contribution in [0.15, 0.2) is 23.8 Å². The van der Waals surface area contributed by atoms with Crippen LogP contribution in [0.4, 0.5) is 0 Å². The van der Waals surface area contributed by atoms with Crippen molar-refractivity contribution >= 4 is 5.78 Å². The van der Waals surface area contributed by atoms with Crippen LogP contribution >= 0.6 is 0 Å². The molecule has 0 radical (unpaired) electrons. The summed E-state index contributed by atoms with van der Waals surface area (Å²) in [5, 5.41) is 11.2. The van der Waals surface area contributed by atoms with Gasteiger partial charge in [0.15, 0.2) is 5.78 Å². The van der Waals surface area contributed by atoms with Crippen molar-refractivity contribution in [3.05, 3.63) is 23.8 Å². The van der Waals surface area contributed by atoms with Crippen molar-refractivity contribution in [1.29, 1.82) is 0 Å². The maximum atomic E-state index is 11.8. The smallest absolute Gasteiger partial charge is 0.155 e. The Morgan fingerprint density at radius 1 is 1.38 bits per heavy atom. The Balaban J connectivity index is 1.74. The van der Waals surface area contributed by atoms with Gasteiger partial charge in [-0.05, 0) is 74.7 Å². The van der Waals surface area contributed by atoms with Crippen LogP contribution in [0.3, 0.4) is 0 Å². The van der Waals surface area contributed by atoms with Crippen molar-refractivity contribution < 1.29 is 9.90 Å². The quantitative estimate of drug-likeness (QED) is 0.583. The summed E-state index contributed by atoms with van der Waals surface area (Å²) in [6.07, 6.45) is 15.1. The van der Waals surface area contributed by atoms with Crippen molar-refractivity contribution in [3.8, 4) is 12.3 Å². The van der Waals surface area contributed by atoms with E-state index in [0.29, 0.717) is 35.9 Å². The highest BCUT2D eigenvalue weighted by Crippen LogP contribution is 2.67. The number of terminal acetylenes is 1. The third-order valence-electron chi connectivity index (χ3n) is 7.94. The molecule has 0 aromatic carbocycles. The maximum absolute atomic E-state index is 11.8. The van der Waals surface area contributed by atoms with Crippen LogP contribution in [0.1, 0.15) is 58.3 Å². The van der Waals surface area contributed by atoms with Crippen LogP contribution in [0.2, 0.25) is 0 Å². The topological polar surface area (TPSA) is 37.3 Å². The summed E-state index contributed by atoms with van der Waals surface area (Å²) in [4.78, 5) is 11.8. The second-order valence-corrected chi connectivity index (χ2v) is 8.55. The molecule has 3 saturated carbocycles. The minimum absolute atomic E-state index is 0.189. The third-order valence-corrected chi connectivity index (χ3v) is 7.94. The van der Waals surface area contributed by atoms with Crippen LogP contribution < -0.4 is 0 Å². The summed E-state index contributed by atoms with van der Waals surface area (Å²) >= 11 is 0. The fourth-order valence-corrected chi connectivity index (χ4v) is 6.90. The zero-order valence-corrected chi connectivity index (χ0v) is 14.7. The summed E-state index contributed by atoms with van der Waals surface area (Å²) in [6, 6.07) is 0. The van der Waals surface area contributed by atoms with E-state index in [0.717, 1.165) is 44.9 Å². The van der Waals surface area contributed by atoms with E-state index in [4.69, 9.17) is 6.42 Å². The number of hydrogen-bond acceptors (Lipinski definition) is 2. The van der Waals surface area contributed by atoms with Gasteiger partial charge >= 0.3 is 0 Å². The highest BCUT2D eigenvalue weighted by Gasteiger charge is 2.64. The van der Waals surface area contributed by atoms with Gasteiger partial charge in [-0.15, -0.1) is 6.42 Å². The Kier molecular flexibility index (Phi) is 3.59. The highest BCUT2D eigenvalue weighted by atomic mass is 16.3. The predicted octanol–water partition coefficient (Wildman–Crippen LogP) is 4.05. The van der Waals surface area contributed by atoms with Crippen molar-refractivity contribution in [3.63, 3.8) is 0 Å². The van der Waals surface area contributed by atoms with E-state index >= 15 is 0 Å². The largest absolute Gasteiger partial charge is 0.377 e. The van der Waals surface area contributed by atoms with E-state index in [9.17, 15) is 9.90 Å². The standard InChI is InChI=1S/C22H28O2/c1-4-21-13-14(3)20-17-9-7-16(23)12-15(17)6-8-18(20)19(21)10-11-22(21,24)5-2/h2,12,17-20,24H,3-4,6-11,13H2,1H3/t17-,18-,19+,20+,21-,22-/m0/s1. The monoisotopic (exact) mass is 324 g/mol. The first-order valence-corrected chi connectivity index (χ1v) is 9.57. The lowest BCUT2D eigenvalue weighted by Crippen LogP contribution is -2.54. The molecule has 4 aliphatic rings. The van der Waals surface area contributed by atoms with Gasteiger partial charge in [-0.3, -0.25) is 4.79 Å². The minimum atomic E-state index is -0.973. The molecular weight excluding hydrogens is 296 g/mol. The molecule has 0 aromatic heterocycles. The first kappa shape index (κ1) is 16.2. The second kappa shape index (κ2) is 5.33. The zero-order valence-electron chi connectivity index (χ0n) is 14.7. The van der Waals surface area contributed by atoms with Gasteiger partial charge in [0, 0.05) is 11.8 Å². The van der Waals surface area contributed by atoms with E-state index in [1.165, 1.54) is 11.1 Å². The summed E-state index contributed by atoms with van der Waals surface area (Å²) < 4.78 is 0. The number of carbonyl (C=O) groups excluding carboxylic acids is 1. The van der Waals surface area contributed by atoms with Gasteiger partial charge in [-0.1, -0.05) is 30.6 Å². The van der Waals surface area contributed by atoms with Gasteiger partial charge in [-0.2, -0.15) is 0 Å². The molecule has 128 valence electrons. The molecule has 0 heterocycles. The lowest BCUT2D eigenvalue weighted by molar-refractivity contribution is -0.116. The molecule has 0 saturated heterocycles. The van der Waals surface area contributed by atoms with Gasteiger partial charge in [0.25, 0.3) is 0 Å². The van der Waals surface area contributed by atoms with Gasteiger partial charge in [0.1, 0.15) is 5.60 Å². The predicted molar refractivity (Wildman–Crippen MR) is 95.0 cm³/mol. The van der Waals surface area contributed by atoms with E-state index in [1.807, 2.05) is 6.08 Å². The van der Waals surface area contributed by atoms with Crippen LogP contribution in [0.25, 0.3) is 0 Å². The lowest BCUT2D eigenvalue weighted by atomic mass is 9.48. The molecule has 0 bridgehead atoms. The molecule has 0 unspecified atom stereocenters. The number of rotatable bonds is 1. The molecule has 0 aromatic rings. The van der Waals surface area contributed by atoms with Crippen LogP contribution in [-0.2, 0) is 4.79 Å². The molecule has 4 rings (SSSR count). The Bertz CT molecular complexity index is 666. The normalized spacial score (nSPS) is 47.3. The Hall–Kier alpha value is -1.33. The summed E-state index contributed by atoms with van der Waals surface area (Å²) in [5.41, 5.74) is 1.48. The molecule has 4 aliphatic carbocycles.